The van der Waals surface area contributed by atoms with Gasteiger partial charge >= 0.3 is 0 Å². The molecule has 0 saturated carbocycles. The number of benzene rings is 1. The smallest absolute Gasteiger partial charge is 0.272 e. The minimum Gasteiger partial charge on any atom is -0.344 e. The third-order valence-electron chi connectivity index (χ3n) is 4.89. The van der Waals surface area contributed by atoms with Crippen LogP contribution in [0.5, 0.6) is 0 Å². The van der Waals surface area contributed by atoms with Crippen molar-refractivity contribution in [1.82, 2.24) is 29.8 Å². The Labute approximate surface area is 186 Å². The van der Waals surface area contributed by atoms with Gasteiger partial charge in [-0.05, 0) is 64.7 Å². The van der Waals surface area contributed by atoms with Gasteiger partial charge in [-0.1, -0.05) is 35.3 Å². The van der Waals surface area contributed by atoms with Crippen molar-refractivity contribution in [3.63, 3.8) is 0 Å². The maximum atomic E-state index is 12.9. The molecule has 0 aliphatic rings. The van der Waals surface area contributed by atoms with Crippen molar-refractivity contribution in [1.29, 1.82) is 0 Å². The van der Waals surface area contributed by atoms with Crippen molar-refractivity contribution in [3.8, 4) is 0 Å². The number of aromatic nitrogens is 4. The van der Waals surface area contributed by atoms with Gasteiger partial charge in [0.15, 0.2) is 0 Å². The Morgan fingerprint density at radius 2 is 1.83 bits per heavy atom. The predicted octanol–water partition coefficient (Wildman–Crippen LogP) is 3.93. The van der Waals surface area contributed by atoms with E-state index in [0.717, 1.165) is 29.9 Å². The number of carbonyl (C=O) groups excluding carboxylic acids is 1. The number of nitrogens with zero attached hydrogens (tertiary/aromatic N) is 5. The number of amides is 1. The molecule has 0 aliphatic heterocycles. The molecule has 3 rings (SSSR count). The van der Waals surface area contributed by atoms with Crippen LogP contribution >= 0.6 is 23.2 Å². The van der Waals surface area contributed by atoms with Crippen LogP contribution in [0.3, 0.4) is 0 Å². The predicted molar refractivity (Wildman–Crippen MR) is 119 cm³/mol. The number of rotatable bonds is 8. The number of halogens is 2. The van der Waals surface area contributed by atoms with Crippen molar-refractivity contribution < 1.29 is 4.79 Å². The standard InChI is InChI=1S/C21H26Cl2N6O/c1-14-20(23)15(2)29(25-14)13-28-12-10-19(26-28)21(30)24-18(9-11-27(3)4)16-5-7-17(22)8-6-16/h5-8,10,12,18H,9,11,13H2,1-4H3,(H,24,30). The summed E-state index contributed by atoms with van der Waals surface area (Å²) in [7, 11) is 4.02. The largest absolute Gasteiger partial charge is 0.344 e. The van der Waals surface area contributed by atoms with Crippen LogP contribution < -0.4 is 5.32 Å². The topological polar surface area (TPSA) is 68.0 Å². The maximum Gasteiger partial charge on any atom is 0.272 e. The van der Waals surface area contributed by atoms with Gasteiger partial charge in [0.2, 0.25) is 0 Å². The fourth-order valence-corrected chi connectivity index (χ4v) is 3.41. The summed E-state index contributed by atoms with van der Waals surface area (Å²) in [6.07, 6.45) is 2.53. The van der Waals surface area contributed by atoms with Crippen molar-refractivity contribution in [2.45, 2.75) is 33.0 Å². The van der Waals surface area contributed by atoms with E-state index in [-0.39, 0.29) is 11.9 Å². The fraction of sp³-hybridized carbons (Fsp3) is 0.381. The first-order valence-corrected chi connectivity index (χ1v) is 10.4. The van der Waals surface area contributed by atoms with E-state index >= 15 is 0 Å². The van der Waals surface area contributed by atoms with Gasteiger partial charge < -0.3 is 10.2 Å². The van der Waals surface area contributed by atoms with E-state index in [2.05, 4.69) is 20.4 Å². The van der Waals surface area contributed by atoms with E-state index in [4.69, 9.17) is 23.2 Å². The van der Waals surface area contributed by atoms with Gasteiger partial charge in [0, 0.05) is 11.2 Å². The number of nitrogens with one attached hydrogen (secondary N) is 1. The average molecular weight is 449 g/mol. The van der Waals surface area contributed by atoms with Gasteiger partial charge in [0.05, 0.1) is 22.5 Å². The summed E-state index contributed by atoms with van der Waals surface area (Å²) in [6, 6.07) is 9.10. The average Bonchev–Trinajstić information content (AvgIpc) is 3.27. The highest BCUT2D eigenvalue weighted by atomic mass is 35.5. The lowest BCUT2D eigenvalue weighted by molar-refractivity contribution is 0.0926. The third-order valence-corrected chi connectivity index (χ3v) is 5.69. The second-order valence-electron chi connectivity index (χ2n) is 7.54. The van der Waals surface area contributed by atoms with Crippen molar-refractivity contribution in [2.75, 3.05) is 20.6 Å². The molecule has 1 aromatic carbocycles. The summed E-state index contributed by atoms with van der Waals surface area (Å²) in [5.41, 5.74) is 2.99. The van der Waals surface area contributed by atoms with Gasteiger partial charge in [-0.3, -0.25) is 9.48 Å². The SMILES string of the molecule is Cc1nn(Cn2ccc(C(=O)NC(CCN(C)C)c3ccc(Cl)cc3)n2)c(C)c1Cl. The van der Waals surface area contributed by atoms with Crippen LogP contribution in [0.15, 0.2) is 36.5 Å². The normalized spacial score (nSPS) is 12.4. The Balaban J connectivity index is 1.72. The van der Waals surface area contributed by atoms with E-state index in [9.17, 15) is 4.79 Å². The van der Waals surface area contributed by atoms with Gasteiger partial charge in [-0.15, -0.1) is 0 Å². The molecule has 3 aromatic rings. The third kappa shape index (κ3) is 5.41. The lowest BCUT2D eigenvalue weighted by Crippen LogP contribution is -2.31. The van der Waals surface area contributed by atoms with Gasteiger partial charge in [0.1, 0.15) is 12.4 Å². The number of aryl methyl sites for hydroxylation is 1. The summed E-state index contributed by atoms with van der Waals surface area (Å²) in [5.74, 6) is -0.223. The lowest BCUT2D eigenvalue weighted by Gasteiger charge is -2.21. The monoisotopic (exact) mass is 448 g/mol. The molecule has 1 atom stereocenters. The molecule has 160 valence electrons. The Bertz CT molecular complexity index is 1010. The van der Waals surface area contributed by atoms with E-state index in [1.807, 2.05) is 52.2 Å². The van der Waals surface area contributed by atoms with Crippen LogP contribution in [0.1, 0.15) is 39.9 Å². The Kier molecular flexibility index (Phi) is 7.18. The summed E-state index contributed by atoms with van der Waals surface area (Å²) in [4.78, 5) is 14.9. The minimum atomic E-state index is -0.223. The Morgan fingerprint density at radius 1 is 1.13 bits per heavy atom. The van der Waals surface area contributed by atoms with E-state index in [1.165, 1.54) is 0 Å². The second kappa shape index (κ2) is 9.64. The zero-order chi connectivity index (χ0) is 21.8. The minimum absolute atomic E-state index is 0.142. The van der Waals surface area contributed by atoms with Crippen LogP contribution in [0, 0.1) is 13.8 Å². The zero-order valence-corrected chi connectivity index (χ0v) is 19.1. The molecule has 2 aromatic heterocycles. The highest BCUT2D eigenvalue weighted by Crippen LogP contribution is 2.21. The van der Waals surface area contributed by atoms with Crippen LogP contribution in [-0.2, 0) is 6.67 Å². The maximum absolute atomic E-state index is 12.9. The molecule has 7 nitrogen and oxygen atoms in total. The van der Waals surface area contributed by atoms with Crippen LogP contribution in [-0.4, -0.2) is 51.0 Å². The first-order chi connectivity index (χ1) is 14.2. The van der Waals surface area contributed by atoms with E-state index < -0.39 is 0 Å². The molecular formula is C21H26Cl2N6O. The molecule has 2 heterocycles. The molecule has 0 saturated heterocycles. The van der Waals surface area contributed by atoms with Crippen molar-refractivity contribution in [2.24, 2.45) is 0 Å². The number of carbonyl (C=O) groups is 1. The van der Waals surface area contributed by atoms with E-state index in [0.29, 0.717) is 22.4 Å². The van der Waals surface area contributed by atoms with Crippen molar-refractivity contribution in [3.05, 3.63) is 69.2 Å². The molecule has 0 spiro atoms. The van der Waals surface area contributed by atoms with Gasteiger partial charge in [0.25, 0.3) is 5.91 Å². The highest BCUT2D eigenvalue weighted by molar-refractivity contribution is 6.31. The number of hydrogen-bond donors (Lipinski definition) is 1. The molecule has 1 amide bonds. The summed E-state index contributed by atoms with van der Waals surface area (Å²) < 4.78 is 3.43. The molecule has 1 unspecified atom stereocenters. The van der Waals surface area contributed by atoms with Gasteiger partial charge in [-0.2, -0.15) is 10.2 Å². The first kappa shape index (κ1) is 22.3. The lowest BCUT2D eigenvalue weighted by atomic mass is 10.0. The summed E-state index contributed by atoms with van der Waals surface area (Å²) in [6.45, 7) is 4.98. The molecule has 9 heteroatoms. The van der Waals surface area contributed by atoms with Crippen LogP contribution in [0.25, 0.3) is 0 Å². The Morgan fingerprint density at radius 3 is 2.43 bits per heavy atom. The Hall–Kier alpha value is -2.35. The van der Waals surface area contributed by atoms with Gasteiger partial charge in [-0.25, -0.2) is 4.68 Å². The number of hydrogen-bond acceptors (Lipinski definition) is 4. The fourth-order valence-electron chi connectivity index (χ4n) is 3.15. The highest BCUT2D eigenvalue weighted by Gasteiger charge is 2.18. The van der Waals surface area contributed by atoms with E-state index in [1.54, 1.807) is 21.6 Å². The molecular weight excluding hydrogens is 423 g/mol. The molecule has 0 bridgehead atoms. The quantitative estimate of drug-likeness (QED) is 0.566. The van der Waals surface area contributed by atoms with Crippen LogP contribution in [0.4, 0.5) is 0 Å². The first-order valence-electron chi connectivity index (χ1n) is 9.68. The summed E-state index contributed by atoms with van der Waals surface area (Å²) >= 11 is 12.2. The van der Waals surface area contributed by atoms with Crippen molar-refractivity contribution >= 4 is 29.1 Å². The molecule has 0 fully saturated rings. The summed E-state index contributed by atoms with van der Waals surface area (Å²) in [5, 5.41) is 13.2. The molecule has 30 heavy (non-hydrogen) atoms. The molecule has 0 radical (unpaired) electrons. The molecule has 0 aliphatic carbocycles. The van der Waals surface area contributed by atoms with Crippen LogP contribution in [0.2, 0.25) is 10.0 Å². The molecule has 1 N–H and O–H groups in total. The zero-order valence-electron chi connectivity index (χ0n) is 17.6. The second-order valence-corrected chi connectivity index (χ2v) is 8.35.